The van der Waals surface area contributed by atoms with Gasteiger partial charge in [0, 0.05) is 25.6 Å². The van der Waals surface area contributed by atoms with Crippen LogP contribution in [-0.2, 0) is 22.7 Å². The van der Waals surface area contributed by atoms with Crippen LogP contribution in [0.4, 0.5) is 0 Å². The van der Waals surface area contributed by atoms with Crippen molar-refractivity contribution in [3.8, 4) is 0 Å². The Labute approximate surface area is 164 Å². The summed E-state index contributed by atoms with van der Waals surface area (Å²) in [6.45, 7) is 4.75. The first kappa shape index (κ1) is 18.7. The molecule has 148 valence electrons. The predicted octanol–water partition coefficient (Wildman–Crippen LogP) is 2.14. The fraction of sp³-hybridized carbons (Fsp3) is 0.476. The van der Waals surface area contributed by atoms with Crippen molar-refractivity contribution in [1.29, 1.82) is 0 Å². The lowest BCUT2D eigenvalue weighted by atomic mass is 9.95. The summed E-state index contributed by atoms with van der Waals surface area (Å²) in [4.78, 5) is 31.2. The fourth-order valence-corrected chi connectivity index (χ4v) is 3.99. The molecule has 1 aromatic carbocycles. The van der Waals surface area contributed by atoms with Crippen LogP contribution in [0.1, 0.15) is 47.6 Å². The summed E-state index contributed by atoms with van der Waals surface area (Å²) in [5.41, 5.74) is 2.44. The largest absolute Gasteiger partial charge is 0.365 e. The van der Waals surface area contributed by atoms with E-state index in [1.165, 1.54) is 0 Å². The van der Waals surface area contributed by atoms with Crippen LogP contribution in [0.3, 0.4) is 0 Å². The number of carbonyl (C=O) groups excluding carboxylic acids is 2. The highest BCUT2D eigenvalue weighted by Gasteiger charge is 2.32. The minimum atomic E-state index is -0.0649. The SMILES string of the molecule is CCNC(=O)C1CCN(C(=O)c2ncn3c2COC(c2ccccc2)C3)CC1. The van der Waals surface area contributed by atoms with Crippen LogP contribution in [0.15, 0.2) is 36.7 Å². The number of likely N-dealkylation sites (tertiary alicyclic amines) is 1. The van der Waals surface area contributed by atoms with E-state index in [1.54, 1.807) is 6.33 Å². The smallest absolute Gasteiger partial charge is 0.274 e. The summed E-state index contributed by atoms with van der Waals surface area (Å²) < 4.78 is 8.04. The Bertz CT molecular complexity index is 841. The van der Waals surface area contributed by atoms with Crippen molar-refractivity contribution in [3.05, 3.63) is 53.6 Å². The Morgan fingerprint density at radius 3 is 2.68 bits per heavy atom. The van der Waals surface area contributed by atoms with Crippen molar-refractivity contribution in [3.63, 3.8) is 0 Å². The average Bonchev–Trinajstić information content (AvgIpc) is 3.17. The summed E-state index contributed by atoms with van der Waals surface area (Å²) >= 11 is 0. The minimum absolute atomic E-state index is 0.00475. The molecule has 7 nitrogen and oxygen atoms in total. The van der Waals surface area contributed by atoms with Crippen molar-refractivity contribution in [2.75, 3.05) is 19.6 Å². The molecule has 0 saturated carbocycles. The summed E-state index contributed by atoms with van der Waals surface area (Å²) in [6, 6.07) is 10.1. The number of nitrogens with zero attached hydrogens (tertiary/aromatic N) is 3. The highest BCUT2D eigenvalue weighted by Crippen LogP contribution is 2.28. The maximum atomic E-state index is 13.0. The zero-order valence-corrected chi connectivity index (χ0v) is 16.1. The third-order valence-corrected chi connectivity index (χ3v) is 5.61. The normalized spacial score (nSPS) is 19.9. The molecule has 0 spiro atoms. The third-order valence-electron chi connectivity index (χ3n) is 5.61. The lowest BCUT2D eigenvalue weighted by molar-refractivity contribution is -0.126. The van der Waals surface area contributed by atoms with E-state index in [-0.39, 0.29) is 23.8 Å². The summed E-state index contributed by atoms with van der Waals surface area (Å²) in [5, 5.41) is 2.87. The van der Waals surface area contributed by atoms with E-state index < -0.39 is 0 Å². The molecule has 0 radical (unpaired) electrons. The number of imidazole rings is 1. The zero-order valence-electron chi connectivity index (χ0n) is 16.1. The molecule has 1 atom stereocenters. The van der Waals surface area contributed by atoms with Crippen LogP contribution < -0.4 is 5.32 Å². The molecular weight excluding hydrogens is 356 g/mol. The first-order valence-electron chi connectivity index (χ1n) is 9.95. The maximum Gasteiger partial charge on any atom is 0.274 e. The van der Waals surface area contributed by atoms with Gasteiger partial charge in [0.25, 0.3) is 5.91 Å². The number of ether oxygens (including phenoxy) is 1. The molecule has 2 amide bonds. The number of piperidine rings is 1. The maximum absolute atomic E-state index is 13.0. The van der Waals surface area contributed by atoms with Crippen molar-refractivity contribution in [2.24, 2.45) is 5.92 Å². The third kappa shape index (κ3) is 3.67. The van der Waals surface area contributed by atoms with E-state index in [0.29, 0.717) is 51.3 Å². The number of fused-ring (bicyclic) bond motifs is 1. The molecule has 1 fully saturated rings. The second-order valence-corrected chi connectivity index (χ2v) is 7.36. The van der Waals surface area contributed by atoms with Crippen LogP contribution in [0, 0.1) is 5.92 Å². The van der Waals surface area contributed by atoms with Crippen molar-refractivity contribution >= 4 is 11.8 Å². The van der Waals surface area contributed by atoms with E-state index in [2.05, 4.69) is 22.4 Å². The highest BCUT2D eigenvalue weighted by molar-refractivity contribution is 5.93. The zero-order chi connectivity index (χ0) is 19.5. The number of aromatic nitrogens is 2. The molecule has 0 bridgehead atoms. The molecular formula is C21H26N4O3. The predicted molar refractivity (Wildman–Crippen MR) is 104 cm³/mol. The van der Waals surface area contributed by atoms with Gasteiger partial charge >= 0.3 is 0 Å². The van der Waals surface area contributed by atoms with Gasteiger partial charge in [0.15, 0.2) is 5.69 Å². The van der Waals surface area contributed by atoms with Crippen LogP contribution >= 0.6 is 0 Å². The molecule has 3 heterocycles. The molecule has 2 aliphatic rings. The van der Waals surface area contributed by atoms with E-state index in [0.717, 1.165) is 11.3 Å². The van der Waals surface area contributed by atoms with Gasteiger partial charge in [-0.2, -0.15) is 0 Å². The Morgan fingerprint density at radius 1 is 1.21 bits per heavy atom. The van der Waals surface area contributed by atoms with Gasteiger partial charge in [0.05, 0.1) is 25.2 Å². The fourth-order valence-electron chi connectivity index (χ4n) is 3.99. The molecule has 7 heteroatoms. The molecule has 28 heavy (non-hydrogen) atoms. The number of rotatable bonds is 4. The average molecular weight is 382 g/mol. The highest BCUT2D eigenvalue weighted by atomic mass is 16.5. The van der Waals surface area contributed by atoms with Crippen LogP contribution in [-0.4, -0.2) is 45.9 Å². The molecule has 2 aliphatic heterocycles. The van der Waals surface area contributed by atoms with Gasteiger partial charge < -0.3 is 19.5 Å². The van der Waals surface area contributed by atoms with Crippen molar-refractivity contribution < 1.29 is 14.3 Å². The van der Waals surface area contributed by atoms with E-state index in [1.807, 2.05) is 34.6 Å². The van der Waals surface area contributed by atoms with E-state index in [4.69, 9.17) is 4.74 Å². The summed E-state index contributed by atoms with van der Waals surface area (Å²) in [5.74, 6) is 0.0223. The quantitative estimate of drug-likeness (QED) is 0.879. The van der Waals surface area contributed by atoms with Crippen molar-refractivity contribution in [1.82, 2.24) is 19.8 Å². The molecule has 1 saturated heterocycles. The first-order valence-corrected chi connectivity index (χ1v) is 9.95. The second-order valence-electron chi connectivity index (χ2n) is 7.36. The Kier molecular flexibility index (Phi) is 5.43. The van der Waals surface area contributed by atoms with Crippen LogP contribution in [0.25, 0.3) is 0 Å². The summed E-state index contributed by atoms with van der Waals surface area (Å²) in [7, 11) is 0. The Hall–Kier alpha value is -2.67. The van der Waals surface area contributed by atoms with Gasteiger partial charge in [-0.25, -0.2) is 4.98 Å². The Balaban J connectivity index is 1.41. The second kappa shape index (κ2) is 8.14. The Morgan fingerprint density at radius 2 is 1.96 bits per heavy atom. The number of carbonyl (C=O) groups is 2. The lowest BCUT2D eigenvalue weighted by Crippen LogP contribution is -2.43. The molecule has 1 N–H and O–H groups in total. The van der Waals surface area contributed by atoms with E-state index >= 15 is 0 Å². The molecule has 2 aromatic rings. The van der Waals surface area contributed by atoms with Gasteiger partial charge in [0.2, 0.25) is 5.91 Å². The lowest BCUT2D eigenvalue weighted by Gasteiger charge is -2.31. The number of hydrogen-bond acceptors (Lipinski definition) is 4. The number of benzene rings is 1. The molecule has 4 rings (SSSR count). The standard InChI is InChI=1S/C21H26N4O3/c1-2-22-20(26)16-8-10-24(11-9-16)21(27)19-17-13-28-18(12-25(17)14-23-19)15-6-4-3-5-7-15/h3-7,14,16,18H,2,8-13H2,1H3,(H,22,26). The van der Waals surface area contributed by atoms with Gasteiger partial charge in [0.1, 0.15) is 6.10 Å². The number of amides is 2. The van der Waals surface area contributed by atoms with Crippen LogP contribution in [0.2, 0.25) is 0 Å². The van der Waals surface area contributed by atoms with E-state index in [9.17, 15) is 9.59 Å². The van der Waals surface area contributed by atoms with Crippen LogP contribution in [0.5, 0.6) is 0 Å². The molecule has 1 aromatic heterocycles. The number of nitrogens with one attached hydrogen (secondary N) is 1. The number of hydrogen-bond donors (Lipinski definition) is 1. The molecule has 0 aliphatic carbocycles. The minimum Gasteiger partial charge on any atom is -0.365 e. The van der Waals surface area contributed by atoms with Gasteiger partial charge in [-0.05, 0) is 25.3 Å². The van der Waals surface area contributed by atoms with Gasteiger partial charge in [-0.15, -0.1) is 0 Å². The van der Waals surface area contributed by atoms with Crippen molar-refractivity contribution in [2.45, 2.75) is 39.0 Å². The first-order chi connectivity index (χ1) is 13.7. The topological polar surface area (TPSA) is 76.5 Å². The monoisotopic (exact) mass is 382 g/mol. The molecule has 1 unspecified atom stereocenters. The summed E-state index contributed by atoms with van der Waals surface area (Å²) in [6.07, 6.45) is 3.10. The van der Waals surface area contributed by atoms with Gasteiger partial charge in [-0.1, -0.05) is 30.3 Å². The van der Waals surface area contributed by atoms with Gasteiger partial charge in [-0.3, -0.25) is 9.59 Å².